The molecule has 3 aliphatic rings. The molecule has 3 heterocycles. The molecule has 50 valence electrons. The fourth-order valence-corrected chi connectivity index (χ4v) is 2.93. The fraction of sp³-hybridized carbons (Fsp3) is 1.00. The van der Waals surface area contributed by atoms with Crippen molar-refractivity contribution in [3.05, 3.63) is 0 Å². The van der Waals surface area contributed by atoms with Crippen LogP contribution in [0.2, 0.25) is 0 Å². The first-order valence-electron chi connectivity index (χ1n) is 3.10. The zero-order valence-corrected chi connectivity index (χ0v) is 5.66. The average molecular weight is 145 g/mol. The third-order valence-electron chi connectivity index (χ3n) is 2.07. The monoisotopic (exact) mass is 145 g/mol. The number of hydrogen-bond acceptors (Lipinski definition) is 4. The fourth-order valence-electron chi connectivity index (χ4n) is 1.46. The summed E-state index contributed by atoms with van der Waals surface area (Å²) in [6.45, 7) is 2.26. The van der Waals surface area contributed by atoms with E-state index in [1.807, 2.05) is 11.8 Å². The molecule has 3 nitrogen and oxygen atoms in total. The van der Waals surface area contributed by atoms with Gasteiger partial charge in [0.15, 0.2) is 0 Å². The van der Waals surface area contributed by atoms with E-state index in [0.717, 1.165) is 19.5 Å². The molecule has 0 aromatic carbocycles. The molecular formula is C5H7NO2S. The van der Waals surface area contributed by atoms with Gasteiger partial charge in [-0.2, -0.15) is 9.78 Å². The normalized spacial score (nSPS) is 40.0. The smallest absolute Gasteiger partial charge is 0.281 e. The van der Waals surface area contributed by atoms with Crippen LogP contribution in [0, 0.1) is 0 Å². The zero-order valence-electron chi connectivity index (χ0n) is 4.85. The summed E-state index contributed by atoms with van der Waals surface area (Å²) >= 11 is 1.82. The largest absolute Gasteiger partial charge is 0.314 e. The van der Waals surface area contributed by atoms with Crippen LogP contribution < -0.4 is 5.32 Å². The van der Waals surface area contributed by atoms with Crippen molar-refractivity contribution in [2.24, 2.45) is 0 Å². The molecule has 3 rings (SSSR count). The highest BCUT2D eigenvalue weighted by Gasteiger charge is 2.69. The van der Waals surface area contributed by atoms with Crippen molar-refractivity contribution in [2.75, 3.05) is 13.1 Å². The Morgan fingerprint density at radius 2 is 2.00 bits per heavy atom. The van der Waals surface area contributed by atoms with Crippen molar-refractivity contribution in [1.29, 1.82) is 0 Å². The lowest BCUT2D eigenvalue weighted by Gasteiger charge is -2.49. The highest BCUT2D eigenvalue weighted by Crippen LogP contribution is 2.64. The van der Waals surface area contributed by atoms with Crippen LogP contribution >= 0.6 is 11.8 Å². The first-order valence-corrected chi connectivity index (χ1v) is 3.92. The van der Waals surface area contributed by atoms with Gasteiger partial charge in [0.25, 0.3) is 5.12 Å². The van der Waals surface area contributed by atoms with Gasteiger partial charge in [0.2, 0.25) is 0 Å². The molecule has 3 saturated heterocycles. The van der Waals surface area contributed by atoms with Gasteiger partial charge in [-0.1, -0.05) is 11.8 Å². The zero-order chi connectivity index (χ0) is 5.95. The van der Waals surface area contributed by atoms with Crippen molar-refractivity contribution < 1.29 is 9.78 Å². The van der Waals surface area contributed by atoms with E-state index in [2.05, 4.69) is 5.32 Å². The molecule has 0 saturated carbocycles. The lowest BCUT2D eigenvalue weighted by molar-refractivity contribution is 0.0850. The maximum Gasteiger partial charge on any atom is 0.281 e. The van der Waals surface area contributed by atoms with E-state index >= 15 is 0 Å². The number of hydrogen-bond donors (Lipinski definition) is 1. The van der Waals surface area contributed by atoms with E-state index in [0.29, 0.717) is 4.75 Å². The topological polar surface area (TPSA) is 37.1 Å². The maximum absolute atomic E-state index is 4.80. The first kappa shape index (κ1) is 4.96. The van der Waals surface area contributed by atoms with Crippen molar-refractivity contribution in [1.82, 2.24) is 5.32 Å². The Hall–Kier alpha value is 0.230. The van der Waals surface area contributed by atoms with Gasteiger partial charge in [-0.3, -0.25) is 0 Å². The molecule has 9 heavy (non-hydrogen) atoms. The molecule has 1 N–H and O–H groups in total. The number of rotatable bonds is 0. The molecule has 0 aromatic rings. The second-order valence-electron chi connectivity index (χ2n) is 2.92. The summed E-state index contributed by atoms with van der Waals surface area (Å²) in [6, 6.07) is 0. The van der Waals surface area contributed by atoms with Crippen LogP contribution in [-0.4, -0.2) is 23.0 Å². The molecule has 0 aromatic heterocycles. The molecule has 4 heteroatoms. The summed E-state index contributed by atoms with van der Waals surface area (Å²) < 4.78 is 0.497. The average Bonchev–Trinajstić information content (AvgIpc) is 2.32. The Labute approximate surface area is 57.0 Å². The van der Waals surface area contributed by atoms with Crippen LogP contribution in [0.25, 0.3) is 0 Å². The molecule has 0 radical (unpaired) electrons. The minimum Gasteiger partial charge on any atom is -0.314 e. The van der Waals surface area contributed by atoms with Gasteiger partial charge in [-0.05, 0) is 0 Å². The van der Waals surface area contributed by atoms with E-state index in [-0.39, 0.29) is 5.12 Å². The van der Waals surface area contributed by atoms with Crippen LogP contribution in [0.4, 0.5) is 0 Å². The summed E-state index contributed by atoms with van der Waals surface area (Å²) in [5.41, 5.74) is 0. The molecule has 0 aliphatic carbocycles. The van der Waals surface area contributed by atoms with E-state index in [1.165, 1.54) is 0 Å². The Morgan fingerprint density at radius 1 is 1.33 bits per heavy atom. The van der Waals surface area contributed by atoms with Crippen LogP contribution in [0.15, 0.2) is 0 Å². The van der Waals surface area contributed by atoms with Crippen LogP contribution in [0.1, 0.15) is 6.42 Å². The van der Waals surface area contributed by atoms with Gasteiger partial charge in [0.05, 0.1) is 4.75 Å². The molecule has 3 aliphatic heterocycles. The quantitative estimate of drug-likeness (QED) is 0.387. The third kappa shape index (κ3) is 0.502. The van der Waals surface area contributed by atoms with Gasteiger partial charge in [-0.15, -0.1) is 0 Å². The van der Waals surface area contributed by atoms with Gasteiger partial charge >= 0.3 is 0 Å². The summed E-state index contributed by atoms with van der Waals surface area (Å²) in [5, 5.41) is 3.07. The van der Waals surface area contributed by atoms with Gasteiger partial charge < -0.3 is 5.32 Å². The SMILES string of the molecule is C1NCC12CC1(OO1)S2. The molecule has 0 bridgehead atoms. The number of nitrogens with one attached hydrogen (secondary N) is 1. The van der Waals surface area contributed by atoms with Gasteiger partial charge in [0.1, 0.15) is 0 Å². The Bertz CT molecular complexity index is 154. The van der Waals surface area contributed by atoms with E-state index in [1.54, 1.807) is 0 Å². The highest BCUT2D eigenvalue weighted by molar-refractivity contribution is 8.03. The predicted octanol–water partition coefficient (Wildman–Crippen LogP) is 0.0809. The summed E-state index contributed by atoms with van der Waals surface area (Å²) in [6.07, 6.45) is 1.08. The van der Waals surface area contributed by atoms with Crippen molar-refractivity contribution in [3.8, 4) is 0 Å². The summed E-state index contributed by atoms with van der Waals surface area (Å²) in [7, 11) is 0. The van der Waals surface area contributed by atoms with Crippen molar-refractivity contribution >= 4 is 11.8 Å². The van der Waals surface area contributed by atoms with E-state index in [9.17, 15) is 0 Å². The van der Waals surface area contributed by atoms with E-state index in [4.69, 9.17) is 9.78 Å². The Morgan fingerprint density at radius 3 is 2.33 bits per heavy atom. The van der Waals surface area contributed by atoms with Crippen LogP contribution in [0.5, 0.6) is 0 Å². The molecule has 0 unspecified atom stereocenters. The highest BCUT2D eigenvalue weighted by atomic mass is 32.2. The molecular weight excluding hydrogens is 138 g/mol. The number of thioether (sulfide) groups is 1. The second-order valence-corrected chi connectivity index (χ2v) is 4.61. The summed E-state index contributed by atoms with van der Waals surface area (Å²) in [5.74, 6) is 0. The lowest BCUT2D eigenvalue weighted by atomic mass is 9.96. The van der Waals surface area contributed by atoms with Crippen LogP contribution in [-0.2, 0) is 9.78 Å². The molecule has 0 atom stereocenters. The molecule has 3 fully saturated rings. The molecule has 2 spiro atoms. The van der Waals surface area contributed by atoms with Crippen LogP contribution in [0.3, 0.4) is 0 Å². The van der Waals surface area contributed by atoms with Crippen molar-refractivity contribution in [3.63, 3.8) is 0 Å². The van der Waals surface area contributed by atoms with Gasteiger partial charge in [0, 0.05) is 19.5 Å². The minimum atomic E-state index is -0.165. The standard InChI is InChI=1S/C5H7NO2S/c1-4(2-6-3-4)9-5(1)7-8-5/h6H,1-3H2. The molecule has 0 amide bonds. The predicted molar refractivity (Wildman–Crippen MR) is 32.7 cm³/mol. The third-order valence-corrected chi connectivity index (χ3v) is 3.53. The minimum absolute atomic E-state index is 0.165. The first-order chi connectivity index (χ1) is 4.33. The Balaban J connectivity index is 1.75. The second kappa shape index (κ2) is 1.16. The van der Waals surface area contributed by atoms with E-state index < -0.39 is 0 Å². The lowest BCUT2D eigenvalue weighted by Crippen LogP contribution is -2.64. The van der Waals surface area contributed by atoms with Crippen molar-refractivity contribution in [2.45, 2.75) is 16.3 Å². The van der Waals surface area contributed by atoms with Gasteiger partial charge in [-0.25, -0.2) is 0 Å². The summed E-state index contributed by atoms with van der Waals surface area (Å²) in [4.78, 5) is 9.60. The maximum atomic E-state index is 4.80. The Kier molecular flexibility index (Phi) is 0.641.